The highest BCUT2D eigenvalue weighted by molar-refractivity contribution is 5.77. The topological polar surface area (TPSA) is 62.5 Å². The van der Waals surface area contributed by atoms with Crippen LogP contribution in [0.1, 0.15) is 44.3 Å². The quantitative estimate of drug-likeness (QED) is 0.840. The third-order valence-electron chi connectivity index (χ3n) is 5.13. The monoisotopic (exact) mass is 346 g/mol. The second-order valence-electron chi connectivity index (χ2n) is 6.69. The van der Waals surface area contributed by atoms with E-state index in [9.17, 15) is 18.0 Å². The maximum Gasteiger partial charge on any atom is 0.455 e. The van der Waals surface area contributed by atoms with E-state index in [0.717, 1.165) is 45.4 Å². The van der Waals surface area contributed by atoms with Gasteiger partial charge in [-0.25, -0.2) is 0 Å². The number of hydrogen-bond donors (Lipinski definition) is 0. The fourth-order valence-electron chi connectivity index (χ4n) is 3.61. The van der Waals surface area contributed by atoms with E-state index in [4.69, 9.17) is 4.52 Å². The number of hydrogen-bond acceptors (Lipinski definition) is 5. The van der Waals surface area contributed by atoms with Gasteiger partial charge in [-0.05, 0) is 44.7 Å². The van der Waals surface area contributed by atoms with Crippen molar-refractivity contribution < 1.29 is 22.5 Å². The normalized spacial score (nSPS) is 22.3. The summed E-state index contributed by atoms with van der Waals surface area (Å²) in [6.07, 6.45) is -1.23. The van der Waals surface area contributed by atoms with Crippen LogP contribution in [0.5, 0.6) is 0 Å². The predicted octanol–water partition coefficient (Wildman–Crippen LogP) is 2.31. The summed E-state index contributed by atoms with van der Waals surface area (Å²) in [4.78, 5) is 19.2. The van der Waals surface area contributed by atoms with Crippen molar-refractivity contribution in [3.05, 3.63) is 11.7 Å². The van der Waals surface area contributed by atoms with Gasteiger partial charge in [-0.2, -0.15) is 18.2 Å². The van der Waals surface area contributed by atoms with Crippen LogP contribution in [0.2, 0.25) is 0 Å². The molecule has 24 heavy (non-hydrogen) atoms. The van der Waals surface area contributed by atoms with Crippen molar-refractivity contribution in [1.29, 1.82) is 0 Å². The predicted molar refractivity (Wildman–Crippen MR) is 77.7 cm³/mol. The molecule has 2 aliphatic rings. The molecule has 0 aliphatic carbocycles. The van der Waals surface area contributed by atoms with Crippen molar-refractivity contribution in [2.75, 3.05) is 26.2 Å². The molecule has 0 unspecified atom stereocenters. The molecule has 1 amide bonds. The van der Waals surface area contributed by atoms with Gasteiger partial charge in [0.1, 0.15) is 0 Å². The Labute approximate surface area is 138 Å². The van der Waals surface area contributed by atoms with Gasteiger partial charge in [0.15, 0.2) is 0 Å². The van der Waals surface area contributed by atoms with Crippen LogP contribution in [0.4, 0.5) is 13.2 Å². The number of carbonyl (C=O) groups excluding carboxylic acids is 1. The number of rotatable bonds is 3. The molecule has 134 valence electrons. The second kappa shape index (κ2) is 6.34. The van der Waals surface area contributed by atoms with Gasteiger partial charge in [-0.1, -0.05) is 5.16 Å². The van der Waals surface area contributed by atoms with Crippen molar-refractivity contribution in [1.82, 2.24) is 19.9 Å². The molecule has 3 rings (SSSR count). The number of halogens is 3. The minimum absolute atomic E-state index is 0.00715. The molecule has 0 saturated carbocycles. The summed E-state index contributed by atoms with van der Waals surface area (Å²) in [5, 5.41) is 2.98. The molecule has 0 bridgehead atoms. The minimum Gasteiger partial charge on any atom is -0.342 e. The number of amides is 1. The fourth-order valence-corrected chi connectivity index (χ4v) is 3.61. The summed E-state index contributed by atoms with van der Waals surface area (Å²) >= 11 is 0. The first kappa shape index (κ1) is 17.2. The summed E-state index contributed by atoms with van der Waals surface area (Å²) in [5.74, 6) is -1.02. The van der Waals surface area contributed by atoms with E-state index in [0.29, 0.717) is 6.42 Å². The van der Waals surface area contributed by atoms with E-state index in [2.05, 4.69) is 10.1 Å². The molecule has 6 nitrogen and oxygen atoms in total. The van der Waals surface area contributed by atoms with Crippen LogP contribution in [-0.4, -0.2) is 52.0 Å². The smallest absolute Gasteiger partial charge is 0.342 e. The first-order chi connectivity index (χ1) is 11.3. The minimum atomic E-state index is -4.58. The highest BCUT2D eigenvalue weighted by atomic mass is 19.4. The third kappa shape index (κ3) is 3.55. The standard InChI is InChI=1S/C15H21F3N4O2/c1-2-22-10-14(4-3-12(22)23)5-7-21(8-6-14)9-11-19-13(20-24-11)15(16,17)18/h2-10H2,1H3. The Bertz CT molecular complexity index is 594. The first-order valence-corrected chi connectivity index (χ1v) is 8.21. The summed E-state index contributed by atoms with van der Waals surface area (Å²) in [5.41, 5.74) is 0.145. The SMILES string of the molecule is CCN1CC2(CCC1=O)CCN(Cc1nc(C(F)(F)F)no1)CC2. The van der Waals surface area contributed by atoms with Crippen LogP contribution < -0.4 is 0 Å². The number of carbonyl (C=O) groups is 1. The molecule has 1 aromatic rings. The summed E-state index contributed by atoms with van der Waals surface area (Å²) < 4.78 is 42.2. The van der Waals surface area contributed by atoms with Crippen LogP contribution in [0, 0.1) is 5.41 Å². The lowest BCUT2D eigenvalue weighted by Crippen LogP contribution is -2.51. The number of piperidine rings is 2. The maximum absolute atomic E-state index is 12.5. The Kier molecular flexibility index (Phi) is 4.54. The van der Waals surface area contributed by atoms with E-state index < -0.39 is 12.0 Å². The van der Waals surface area contributed by atoms with Gasteiger partial charge in [-0.15, -0.1) is 0 Å². The largest absolute Gasteiger partial charge is 0.455 e. The van der Waals surface area contributed by atoms with Gasteiger partial charge in [-0.3, -0.25) is 9.69 Å². The molecule has 9 heteroatoms. The summed E-state index contributed by atoms with van der Waals surface area (Å²) in [6.45, 7) is 5.25. The van der Waals surface area contributed by atoms with Crippen LogP contribution in [0.15, 0.2) is 4.52 Å². The first-order valence-electron chi connectivity index (χ1n) is 8.21. The zero-order valence-corrected chi connectivity index (χ0v) is 13.6. The second-order valence-corrected chi connectivity index (χ2v) is 6.69. The molecule has 0 atom stereocenters. The lowest BCUT2D eigenvalue weighted by molar-refractivity contribution is -0.146. The molecular formula is C15H21F3N4O2. The van der Waals surface area contributed by atoms with Crippen molar-refractivity contribution in [3.63, 3.8) is 0 Å². The van der Waals surface area contributed by atoms with E-state index >= 15 is 0 Å². The number of alkyl halides is 3. The van der Waals surface area contributed by atoms with Crippen molar-refractivity contribution >= 4 is 5.91 Å². The van der Waals surface area contributed by atoms with E-state index in [1.807, 2.05) is 16.7 Å². The molecule has 3 heterocycles. The lowest BCUT2D eigenvalue weighted by atomic mass is 9.72. The molecular weight excluding hydrogens is 325 g/mol. The Hall–Kier alpha value is -1.64. The van der Waals surface area contributed by atoms with Crippen molar-refractivity contribution in [2.45, 2.75) is 45.3 Å². The highest BCUT2D eigenvalue weighted by Crippen LogP contribution is 2.40. The maximum atomic E-state index is 12.5. The average Bonchev–Trinajstić information content (AvgIpc) is 3.01. The molecule has 1 aromatic heterocycles. The molecule has 0 radical (unpaired) electrons. The Morgan fingerprint density at radius 2 is 1.96 bits per heavy atom. The molecule has 2 aliphatic heterocycles. The van der Waals surface area contributed by atoms with Gasteiger partial charge in [0, 0.05) is 19.5 Å². The van der Waals surface area contributed by atoms with Crippen molar-refractivity contribution in [2.24, 2.45) is 5.41 Å². The summed E-state index contributed by atoms with van der Waals surface area (Å²) in [7, 11) is 0. The van der Waals surface area contributed by atoms with Crippen molar-refractivity contribution in [3.8, 4) is 0 Å². The van der Waals surface area contributed by atoms with Gasteiger partial charge < -0.3 is 9.42 Å². The van der Waals surface area contributed by atoms with E-state index in [1.54, 1.807) is 0 Å². The van der Waals surface area contributed by atoms with Crippen LogP contribution in [0.3, 0.4) is 0 Å². The zero-order valence-electron chi connectivity index (χ0n) is 13.6. The Morgan fingerprint density at radius 3 is 2.54 bits per heavy atom. The molecule has 0 N–H and O–H groups in total. The van der Waals surface area contributed by atoms with E-state index in [1.165, 1.54) is 0 Å². The molecule has 2 saturated heterocycles. The van der Waals surface area contributed by atoms with Gasteiger partial charge in [0.25, 0.3) is 5.82 Å². The van der Waals surface area contributed by atoms with Gasteiger partial charge in [0.2, 0.25) is 11.8 Å². The number of aromatic nitrogens is 2. The van der Waals surface area contributed by atoms with Crippen LogP contribution in [-0.2, 0) is 17.5 Å². The molecule has 2 fully saturated rings. The third-order valence-corrected chi connectivity index (χ3v) is 5.13. The van der Waals surface area contributed by atoms with Gasteiger partial charge in [0.05, 0.1) is 6.54 Å². The fraction of sp³-hybridized carbons (Fsp3) is 0.800. The highest BCUT2D eigenvalue weighted by Gasteiger charge is 2.41. The molecule has 1 spiro atoms. The number of likely N-dealkylation sites (tertiary alicyclic amines) is 2. The van der Waals surface area contributed by atoms with Gasteiger partial charge >= 0.3 is 6.18 Å². The Morgan fingerprint density at radius 1 is 1.25 bits per heavy atom. The van der Waals surface area contributed by atoms with Crippen LogP contribution in [0.25, 0.3) is 0 Å². The average molecular weight is 346 g/mol. The summed E-state index contributed by atoms with van der Waals surface area (Å²) in [6, 6.07) is 0. The molecule has 0 aromatic carbocycles. The lowest BCUT2D eigenvalue weighted by Gasteiger charge is -2.47. The van der Waals surface area contributed by atoms with Crippen LogP contribution >= 0.6 is 0 Å². The number of nitrogens with zero attached hydrogens (tertiary/aromatic N) is 4. The zero-order chi connectivity index (χ0) is 17.4. The van der Waals surface area contributed by atoms with E-state index in [-0.39, 0.29) is 23.8 Å². The Balaban J connectivity index is 1.56.